The van der Waals surface area contributed by atoms with Crippen LogP contribution in [0.2, 0.25) is 0 Å². The molecule has 5 rings (SSSR count). The van der Waals surface area contributed by atoms with Gasteiger partial charge in [-0.3, -0.25) is 4.79 Å². The lowest BCUT2D eigenvalue weighted by molar-refractivity contribution is -0.128. The van der Waals surface area contributed by atoms with Crippen molar-refractivity contribution in [2.45, 2.75) is 74.2 Å². The maximum Gasteiger partial charge on any atom is 0.225 e. The van der Waals surface area contributed by atoms with Crippen LogP contribution in [-0.2, 0) is 4.79 Å². The zero-order chi connectivity index (χ0) is 24.7. The van der Waals surface area contributed by atoms with Crippen molar-refractivity contribution >= 4 is 34.7 Å². The van der Waals surface area contributed by atoms with E-state index in [2.05, 4.69) is 46.9 Å². The standard InChI is InChI=1S/C24H31N7O3S/c1-4-25-23(34)15-11-17(20(33)19(15)32)31-22-18(29-30-31)21(27-24(28-22)35-12(2)3)26-16-10-14(16)13-8-6-5-7-9-13/h5-9,12,14-17,19-20,32-33H,4,10-11H2,1-3H3,(H,25,34)(H,26,27,28)/t14?,15-,16?,17+,19+,20-/m0/s1. The molecule has 0 spiro atoms. The molecule has 35 heavy (non-hydrogen) atoms. The van der Waals surface area contributed by atoms with Gasteiger partial charge in [-0.1, -0.05) is 61.2 Å². The molecular weight excluding hydrogens is 466 g/mol. The maximum absolute atomic E-state index is 12.4. The van der Waals surface area contributed by atoms with Crippen molar-refractivity contribution in [3.63, 3.8) is 0 Å². The summed E-state index contributed by atoms with van der Waals surface area (Å²) in [5.41, 5.74) is 2.28. The van der Waals surface area contributed by atoms with Crippen LogP contribution < -0.4 is 10.6 Å². The highest BCUT2D eigenvalue weighted by Gasteiger charge is 2.47. The summed E-state index contributed by atoms with van der Waals surface area (Å²) >= 11 is 1.53. The molecule has 2 aliphatic rings. The van der Waals surface area contributed by atoms with Crippen LogP contribution in [0.3, 0.4) is 0 Å². The highest BCUT2D eigenvalue weighted by Crippen LogP contribution is 2.43. The molecule has 0 bridgehead atoms. The second-order valence-corrected chi connectivity index (χ2v) is 11.1. The minimum absolute atomic E-state index is 0.235. The quantitative estimate of drug-likeness (QED) is 0.272. The second-order valence-electron chi connectivity index (χ2n) is 9.52. The van der Waals surface area contributed by atoms with Crippen LogP contribution in [0.1, 0.15) is 51.1 Å². The molecule has 2 fully saturated rings. The van der Waals surface area contributed by atoms with Gasteiger partial charge in [0.25, 0.3) is 0 Å². The van der Waals surface area contributed by atoms with Crippen molar-refractivity contribution in [1.82, 2.24) is 30.3 Å². The molecule has 11 heteroatoms. The van der Waals surface area contributed by atoms with Crippen molar-refractivity contribution in [2.75, 3.05) is 11.9 Å². The summed E-state index contributed by atoms with van der Waals surface area (Å²) < 4.78 is 1.54. The van der Waals surface area contributed by atoms with Crippen molar-refractivity contribution in [2.24, 2.45) is 5.92 Å². The van der Waals surface area contributed by atoms with Gasteiger partial charge < -0.3 is 20.8 Å². The number of hydrogen-bond donors (Lipinski definition) is 4. The van der Waals surface area contributed by atoms with Gasteiger partial charge in [0.2, 0.25) is 5.91 Å². The van der Waals surface area contributed by atoms with Crippen LogP contribution in [0.5, 0.6) is 0 Å². The maximum atomic E-state index is 12.4. The fourth-order valence-electron chi connectivity index (χ4n) is 4.81. The zero-order valence-electron chi connectivity index (χ0n) is 20.0. The largest absolute Gasteiger partial charge is 0.390 e. The summed E-state index contributed by atoms with van der Waals surface area (Å²) in [6, 6.07) is 9.99. The number of aromatic nitrogens is 5. The van der Waals surface area contributed by atoms with Crippen molar-refractivity contribution in [3.05, 3.63) is 35.9 Å². The van der Waals surface area contributed by atoms with Crippen LogP contribution in [0.25, 0.3) is 11.2 Å². The van der Waals surface area contributed by atoms with Crippen LogP contribution in [0.15, 0.2) is 35.5 Å². The second kappa shape index (κ2) is 9.71. The van der Waals surface area contributed by atoms with Crippen molar-refractivity contribution in [3.8, 4) is 0 Å². The average molecular weight is 498 g/mol. The van der Waals surface area contributed by atoms with E-state index in [4.69, 9.17) is 9.97 Å². The predicted octanol–water partition coefficient (Wildman–Crippen LogP) is 2.11. The Morgan fingerprint density at radius 3 is 2.66 bits per heavy atom. The first-order chi connectivity index (χ1) is 16.9. The summed E-state index contributed by atoms with van der Waals surface area (Å²) in [5.74, 6) is 0.0131. The summed E-state index contributed by atoms with van der Waals surface area (Å²) in [7, 11) is 0. The first-order valence-corrected chi connectivity index (χ1v) is 13.0. The van der Waals surface area contributed by atoms with Gasteiger partial charge in [0, 0.05) is 23.8 Å². The number of carbonyl (C=O) groups excluding carboxylic acids is 1. The Kier molecular flexibility index (Phi) is 6.65. The Labute approximate surface area is 207 Å². The fraction of sp³-hybridized carbons (Fsp3) is 0.542. The number of carbonyl (C=O) groups is 1. The molecule has 1 aromatic carbocycles. The lowest BCUT2D eigenvalue weighted by Crippen LogP contribution is -2.38. The Morgan fingerprint density at radius 2 is 1.94 bits per heavy atom. The minimum atomic E-state index is -1.19. The van der Waals surface area contributed by atoms with Crippen LogP contribution in [-0.4, -0.2) is 71.1 Å². The Balaban J connectivity index is 1.46. The predicted molar refractivity (Wildman–Crippen MR) is 133 cm³/mol. The van der Waals surface area contributed by atoms with E-state index < -0.39 is 24.2 Å². The molecule has 6 atom stereocenters. The van der Waals surface area contributed by atoms with Gasteiger partial charge >= 0.3 is 0 Å². The van der Waals surface area contributed by atoms with Gasteiger partial charge in [-0.2, -0.15) is 0 Å². The van der Waals surface area contributed by atoms with Crippen LogP contribution in [0, 0.1) is 5.92 Å². The number of nitrogens with zero attached hydrogens (tertiary/aromatic N) is 5. The molecule has 0 saturated heterocycles. The van der Waals surface area contributed by atoms with E-state index in [9.17, 15) is 15.0 Å². The van der Waals surface area contributed by atoms with E-state index in [1.807, 2.05) is 25.1 Å². The molecular formula is C24H31N7O3S. The molecule has 1 amide bonds. The molecule has 0 aliphatic heterocycles. The molecule has 2 aliphatic carbocycles. The van der Waals surface area contributed by atoms with Gasteiger partial charge in [0.1, 0.15) is 6.10 Å². The monoisotopic (exact) mass is 497 g/mol. The molecule has 10 nitrogen and oxygen atoms in total. The number of benzene rings is 1. The third-order valence-corrected chi connectivity index (χ3v) is 7.50. The summed E-state index contributed by atoms with van der Waals surface area (Å²) in [5, 5.41) is 37.1. The summed E-state index contributed by atoms with van der Waals surface area (Å²) in [6.45, 7) is 6.42. The summed E-state index contributed by atoms with van der Waals surface area (Å²) in [6.07, 6.45) is -1.11. The highest BCUT2D eigenvalue weighted by molar-refractivity contribution is 7.99. The molecule has 2 unspecified atom stereocenters. The Hall–Kier alpha value is -2.76. The molecule has 2 heterocycles. The zero-order valence-corrected chi connectivity index (χ0v) is 20.8. The lowest BCUT2D eigenvalue weighted by Gasteiger charge is -2.17. The van der Waals surface area contributed by atoms with E-state index >= 15 is 0 Å². The number of fused-ring (bicyclic) bond motifs is 1. The van der Waals surface area contributed by atoms with Gasteiger partial charge in [-0.05, 0) is 25.3 Å². The normalized spacial score (nSPS) is 27.9. The van der Waals surface area contributed by atoms with Gasteiger partial charge in [0.15, 0.2) is 22.1 Å². The molecule has 0 radical (unpaired) electrons. The molecule has 4 N–H and O–H groups in total. The number of aliphatic hydroxyl groups excluding tert-OH is 2. The minimum Gasteiger partial charge on any atom is -0.390 e. The molecule has 186 valence electrons. The van der Waals surface area contributed by atoms with E-state index in [-0.39, 0.29) is 23.6 Å². The average Bonchev–Trinajstić information content (AvgIpc) is 3.37. The third-order valence-electron chi connectivity index (χ3n) is 6.64. The summed E-state index contributed by atoms with van der Waals surface area (Å²) in [4.78, 5) is 21.9. The number of nitrogens with one attached hydrogen (secondary N) is 2. The number of thioether (sulfide) groups is 1. The Morgan fingerprint density at radius 1 is 1.17 bits per heavy atom. The smallest absolute Gasteiger partial charge is 0.225 e. The Bertz CT molecular complexity index is 1200. The lowest BCUT2D eigenvalue weighted by atomic mass is 10.0. The van der Waals surface area contributed by atoms with Crippen LogP contribution in [0.4, 0.5) is 5.82 Å². The molecule has 3 aromatic rings. The number of anilines is 1. The topological polar surface area (TPSA) is 138 Å². The van der Waals surface area contributed by atoms with Gasteiger partial charge in [-0.25, -0.2) is 14.6 Å². The first-order valence-electron chi connectivity index (χ1n) is 12.1. The SMILES string of the molecule is CCNC(=O)[C@H]1C[C@@H](n2nnc3c(NC4CC4c4ccccc4)nc(SC(C)C)nc32)[C@H](O)[C@@H]1O. The van der Waals surface area contributed by atoms with E-state index in [0.717, 1.165) is 6.42 Å². The van der Waals surface area contributed by atoms with Crippen LogP contribution >= 0.6 is 11.8 Å². The van der Waals surface area contributed by atoms with E-state index in [0.29, 0.717) is 34.6 Å². The molecule has 2 saturated carbocycles. The van der Waals surface area contributed by atoms with E-state index in [1.165, 1.54) is 17.3 Å². The highest BCUT2D eigenvalue weighted by atomic mass is 32.2. The first kappa shape index (κ1) is 24.0. The number of aliphatic hydroxyl groups is 2. The number of rotatable bonds is 8. The third kappa shape index (κ3) is 4.72. The van der Waals surface area contributed by atoms with Crippen molar-refractivity contribution < 1.29 is 15.0 Å². The van der Waals surface area contributed by atoms with Crippen molar-refractivity contribution in [1.29, 1.82) is 0 Å². The number of amides is 1. The van der Waals surface area contributed by atoms with E-state index in [1.54, 1.807) is 4.68 Å². The van der Waals surface area contributed by atoms with Gasteiger partial charge in [0.05, 0.1) is 18.1 Å². The van der Waals surface area contributed by atoms with Gasteiger partial charge in [-0.15, -0.1) is 5.10 Å². The fourth-order valence-corrected chi connectivity index (χ4v) is 5.52. The molecule has 2 aromatic heterocycles. The number of hydrogen-bond acceptors (Lipinski definition) is 9.